The number of rotatable bonds is 0. The standard InChI is InChI=1S/C15H16BrNO/c1-9-12-8-10(16)5-7-17(12)11-4-6-15(2,3)14(18)13(9)11/h5,7-8H,4,6H2,1-3H3. The van der Waals surface area contributed by atoms with Crippen LogP contribution in [-0.2, 0) is 6.42 Å². The summed E-state index contributed by atoms with van der Waals surface area (Å²) < 4.78 is 3.22. The highest BCUT2D eigenvalue weighted by molar-refractivity contribution is 9.10. The Morgan fingerprint density at radius 2 is 2.11 bits per heavy atom. The van der Waals surface area contributed by atoms with Crippen LogP contribution in [0.15, 0.2) is 22.8 Å². The molecule has 18 heavy (non-hydrogen) atoms. The molecule has 94 valence electrons. The minimum Gasteiger partial charge on any atom is -0.320 e. The van der Waals surface area contributed by atoms with Crippen LogP contribution in [0, 0.1) is 12.3 Å². The molecule has 1 aliphatic rings. The molecule has 1 aliphatic carbocycles. The molecule has 0 atom stereocenters. The van der Waals surface area contributed by atoms with E-state index in [1.165, 1.54) is 5.69 Å². The first-order valence-electron chi connectivity index (χ1n) is 6.25. The fourth-order valence-electron chi connectivity index (χ4n) is 2.89. The smallest absolute Gasteiger partial charge is 0.170 e. The van der Waals surface area contributed by atoms with Crippen molar-refractivity contribution in [2.45, 2.75) is 33.6 Å². The van der Waals surface area contributed by atoms with E-state index in [0.717, 1.165) is 34.0 Å². The molecular weight excluding hydrogens is 290 g/mol. The van der Waals surface area contributed by atoms with Gasteiger partial charge < -0.3 is 4.40 Å². The van der Waals surface area contributed by atoms with Crippen LogP contribution in [0.25, 0.3) is 5.52 Å². The van der Waals surface area contributed by atoms with Crippen molar-refractivity contribution in [3.63, 3.8) is 0 Å². The number of aryl methyl sites for hydroxylation is 2. The molecule has 0 amide bonds. The second-order valence-electron chi connectivity index (χ2n) is 5.76. The Kier molecular flexibility index (Phi) is 2.46. The summed E-state index contributed by atoms with van der Waals surface area (Å²) in [6.45, 7) is 6.16. The van der Waals surface area contributed by atoms with Gasteiger partial charge in [0.2, 0.25) is 0 Å². The van der Waals surface area contributed by atoms with E-state index in [4.69, 9.17) is 0 Å². The molecule has 0 fully saturated rings. The van der Waals surface area contributed by atoms with Gasteiger partial charge in [-0.15, -0.1) is 0 Å². The van der Waals surface area contributed by atoms with Crippen LogP contribution in [0.2, 0.25) is 0 Å². The van der Waals surface area contributed by atoms with Crippen molar-refractivity contribution in [3.05, 3.63) is 39.6 Å². The van der Waals surface area contributed by atoms with Gasteiger partial charge in [0.25, 0.3) is 0 Å². The summed E-state index contributed by atoms with van der Waals surface area (Å²) in [5.74, 6) is 0.293. The predicted octanol–water partition coefficient (Wildman–Crippen LogP) is 4.17. The molecule has 0 aliphatic heterocycles. The number of halogens is 1. The van der Waals surface area contributed by atoms with Crippen molar-refractivity contribution in [1.82, 2.24) is 4.40 Å². The summed E-state index contributed by atoms with van der Waals surface area (Å²) in [7, 11) is 0. The normalized spacial score (nSPS) is 18.1. The van der Waals surface area contributed by atoms with E-state index in [0.29, 0.717) is 5.78 Å². The zero-order valence-electron chi connectivity index (χ0n) is 10.9. The Hall–Kier alpha value is -1.09. The summed E-state index contributed by atoms with van der Waals surface area (Å²) in [4.78, 5) is 12.6. The van der Waals surface area contributed by atoms with E-state index in [9.17, 15) is 4.79 Å². The van der Waals surface area contributed by atoms with Crippen molar-refractivity contribution < 1.29 is 4.79 Å². The summed E-state index contributed by atoms with van der Waals surface area (Å²) in [5, 5.41) is 0. The first-order valence-corrected chi connectivity index (χ1v) is 7.05. The number of hydrogen-bond acceptors (Lipinski definition) is 1. The maximum absolute atomic E-state index is 12.6. The highest BCUT2D eigenvalue weighted by Gasteiger charge is 2.37. The zero-order valence-corrected chi connectivity index (χ0v) is 12.5. The fourth-order valence-corrected chi connectivity index (χ4v) is 3.23. The number of carbonyl (C=O) groups is 1. The third kappa shape index (κ3) is 1.50. The number of hydrogen-bond donors (Lipinski definition) is 0. The van der Waals surface area contributed by atoms with Crippen LogP contribution >= 0.6 is 15.9 Å². The molecule has 0 bridgehead atoms. The van der Waals surface area contributed by atoms with Gasteiger partial charge in [0.15, 0.2) is 5.78 Å². The molecule has 2 heterocycles. The Bertz CT molecular complexity index is 667. The Labute approximate surface area is 115 Å². The Morgan fingerprint density at radius 3 is 2.83 bits per heavy atom. The lowest BCUT2D eigenvalue weighted by molar-refractivity contribution is 0.0809. The lowest BCUT2D eigenvalue weighted by atomic mass is 9.74. The van der Waals surface area contributed by atoms with Gasteiger partial charge in [0, 0.05) is 27.3 Å². The monoisotopic (exact) mass is 305 g/mol. The minimum atomic E-state index is -0.222. The third-order valence-electron chi connectivity index (χ3n) is 4.08. The molecule has 2 aromatic rings. The molecule has 0 saturated heterocycles. The highest BCUT2D eigenvalue weighted by atomic mass is 79.9. The number of nitrogens with zero attached hydrogens (tertiary/aromatic N) is 1. The maximum Gasteiger partial charge on any atom is 0.170 e. The van der Waals surface area contributed by atoms with Crippen molar-refractivity contribution in [2.75, 3.05) is 0 Å². The van der Waals surface area contributed by atoms with Crippen LogP contribution in [0.4, 0.5) is 0 Å². The van der Waals surface area contributed by atoms with Crippen molar-refractivity contribution in [1.29, 1.82) is 0 Å². The van der Waals surface area contributed by atoms with Crippen LogP contribution in [0.3, 0.4) is 0 Å². The SMILES string of the molecule is Cc1c2c(n3ccc(Br)cc13)CCC(C)(C)C2=O. The quantitative estimate of drug-likeness (QED) is 0.716. The molecule has 0 saturated carbocycles. The van der Waals surface area contributed by atoms with Crippen LogP contribution < -0.4 is 0 Å². The molecule has 0 radical (unpaired) electrons. The summed E-state index contributed by atoms with van der Waals surface area (Å²) in [6.07, 6.45) is 3.96. The van der Waals surface area contributed by atoms with E-state index in [1.807, 2.05) is 6.07 Å². The molecule has 2 aromatic heterocycles. The molecule has 3 heteroatoms. The van der Waals surface area contributed by atoms with E-state index in [2.05, 4.69) is 53.4 Å². The number of carbonyl (C=O) groups excluding carboxylic acids is 1. The van der Waals surface area contributed by atoms with E-state index in [-0.39, 0.29) is 5.41 Å². The first kappa shape index (κ1) is 12.0. The first-order chi connectivity index (χ1) is 8.42. The topological polar surface area (TPSA) is 21.5 Å². The van der Waals surface area contributed by atoms with Crippen LogP contribution in [0.5, 0.6) is 0 Å². The number of fused-ring (bicyclic) bond motifs is 3. The second kappa shape index (κ2) is 3.70. The summed E-state index contributed by atoms with van der Waals surface area (Å²) >= 11 is 3.50. The maximum atomic E-state index is 12.6. The largest absolute Gasteiger partial charge is 0.320 e. The lowest BCUT2D eigenvalue weighted by Crippen LogP contribution is -2.30. The molecule has 0 spiro atoms. The van der Waals surface area contributed by atoms with Gasteiger partial charge in [0.1, 0.15) is 0 Å². The number of Topliss-reactive ketones (excluding diaryl/α,β-unsaturated/α-hetero) is 1. The Balaban J connectivity index is 2.37. The Morgan fingerprint density at radius 1 is 1.39 bits per heavy atom. The number of pyridine rings is 1. The minimum absolute atomic E-state index is 0.222. The summed E-state index contributed by atoms with van der Waals surface area (Å²) in [6, 6.07) is 4.12. The average Bonchev–Trinajstić information content (AvgIpc) is 2.58. The fraction of sp³-hybridized carbons (Fsp3) is 0.400. The summed E-state index contributed by atoms with van der Waals surface area (Å²) in [5.41, 5.74) is 4.16. The average molecular weight is 306 g/mol. The molecule has 0 unspecified atom stereocenters. The molecule has 0 aromatic carbocycles. The van der Waals surface area contributed by atoms with Crippen LogP contribution in [0.1, 0.15) is 41.9 Å². The predicted molar refractivity (Wildman–Crippen MR) is 76.3 cm³/mol. The zero-order chi connectivity index (χ0) is 13.1. The van der Waals surface area contributed by atoms with Crippen molar-refractivity contribution in [3.8, 4) is 0 Å². The van der Waals surface area contributed by atoms with Gasteiger partial charge in [-0.3, -0.25) is 4.79 Å². The highest BCUT2D eigenvalue weighted by Crippen LogP contribution is 2.38. The van der Waals surface area contributed by atoms with Gasteiger partial charge in [-0.25, -0.2) is 0 Å². The van der Waals surface area contributed by atoms with E-state index >= 15 is 0 Å². The van der Waals surface area contributed by atoms with Gasteiger partial charge in [-0.2, -0.15) is 0 Å². The molecule has 3 rings (SSSR count). The van der Waals surface area contributed by atoms with E-state index < -0.39 is 0 Å². The second-order valence-corrected chi connectivity index (χ2v) is 6.68. The van der Waals surface area contributed by atoms with Crippen LogP contribution in [-0.4, -0.2) is 10.2 Å². The van der Waals surface area contributed by atoms with E-state index in [1.54, 1.807) is 0 Å². The third-order valence-corrected chi connectivity index (χ3v) is 4.58. The van der Waals surface area contributed by atoms with Gasteiger partial charge >= 0.3 is 0 Å². The molecular formula is C15H16BrNO. The number of ketones is 1. The van der Waals surface area contributed by atoms with Gasteiger partial charge in [-0.05, 0) is 37.5 Å². The lowest BCUT2D eigenvalue weighted by Gasteiger charge is -2.28. The number of aromatic nitrogens is 1. The van der Waals surface area contributed by atoms with Crippen molar-refractivity contribution in [2.24, 2.45) is 5.41 Å². The van der Waals surface area contributed by atoms with Gasteiger partial charge in [0.05, 0.1) is 5.52 Å². The van der Waals surface area contributed by atoms with Gasteiger partial charge in [-0.1, -0.05) is 29.8 Å². The molecule has 2 nitrogen and oxygen atoms in total. The van der Waals surface area contributed by atoms with Crippen molar-refractivity contribution >= 4 is 27.2 Å². The molecule has 0 N–H and O–H groups in total.